The second-order valence-electron chi connectivity index (χ2n) is 3.38. The fraction of sp³-hybridized carbons (Fsp3) is 0.778. The number of rotatable bonds is 4. The highest BCUT2D eigenvalue weighted by Crippen LogP contribution is 2.15. The number of hydrogen-bond acceptors (Lipinski definition) is 6. The molecule has 0 aliphatic rings. The monoisotopic (exact) mass is 238 g/mol. The van der Waals surface area contributed by atoms with E-state index in [1.54, 1.807) is 0 Å². The number of carbonyl (C=O) groups excluding carboxylic acids is 1. The van der Waals surface area contributed by atoms with Crippen molar-refractivity contribution in [2.75, 3.05) is 20.3 Å². The minimum Gasteiger partial charge on any atom is -0.479 e. The van der Waals surface area contributed by atoms with Crippen LogP contribution in [0.5, 0.6) is 0 Å². The molecule has 0 saturated carbocycles. The number of hydrogen-bond donors (Lipinski definition) is 4. The van der Waals surface area contributed by atoms with Crippen LogP contribution in [0.3, 0.4) is 0 Å². The minimum absolute atomic E-state index is 0.407. The van der Waals surface area contributed by atoms with Gasteiger partial charge in [0.25, 0.3) is 0 Å². The standard InChI is InChI=1S/C6H12O4.C3H6O3/c1-6(3-7,4-8)5(9)10-2;1-2(4)3(5)6/h7-8H,3-4H2,1-2H3;2,4H,1H3,(H,5,6). The van der Waals surface area contributed by atoms with Crippen LogP contribution < -0.4 is 0 Å². The van der Waals surface area contributed by atoms with E-state index < -0.39 is 36.7 Å². The molecule has 7 nitrogen and oxygen atoms in total. The lowest BCUT2D eigenvalue weighted by Crippen LogP contribution is -2.36. The van der Waals surface area contributed by atoms with Crippen molar-refractivity contribution in [1.29, 1.82) is 0 Å². The SMILES string of the molecule is CC(O)C(=O)O.COC(=O)C(C)(CO)CO. The Bertz CT molecular complexity index is 220. The van der Waals surface area contributed by atoms with Gasteiger partial charge in [-0.2, -0.15) is 0 Å². The molecule has 0 aromatic rings. The molecule has 4 N–H and O–H groups in total. The third-order valence-electron chi connectivity index (χ3n) is 1.73. The van der Waals surface area contributed by atoms with Crippen molar-refractivity contribution >= 4 is 11.9 Å². The molecule has 7 heteroatoms. The highest BCUT2D eigenvalue weighted by Gasteiger charge is 2.32. The molecule has 0 amide bonds. The van der Waals surface area contributed by atoms with E-state index in [1.807, 2.05) is 0 Å². The number of carbonyl (C=O) groups is 2. The van der Waals surface area contributed by atoms with Crippen molar-refractivity contribution in [3.63, 3.8) is 0 Å². The van der Waals surface area contributed by atoms with Gasteiger partial charge in [0.05, 0.1) is 20.3 Å². The highest BCUT2D eigenvalue weighted by atomic mass is 16.5. The molecule has 0 aromatic heterocycles. The van der Waals surface area contributed by atoms with Gasteiger partial charge in [0, 0.05) is 0 Å². The molecule has 0 saturated heterocycles. The Morgan fingerprint density at radius 2 is 1.62 bits per heavy atom. The Morgan fingerprint density at radius 3 is 1.69 bits per heavy atom. The number of carboxylic acids is 1. The predicted octanol–water partition coefficient (Wildman–Crippen LogP) is -1.40. The van der Waals surface area contributed by atoms with Crippen LogP contribution in [0.1, 0.15) is 13.8 Å². The van der Waals surface area contributed by atoms with Crippen molar-refractivity contribution < 1.29 is 34.8 Å². The molecule has 0 radical (unpaired) electrons. The van der Waals surface area contributed by atoms with Crippen molar-refractivity contribution in [3.05, 3.63) is 0 Å². The molecule has 0 bridgehead atoms. The first kappa shape index (κ1) is 17.2. The van der Waals surface area contributed by atoms with Crippen LogP contribution in [0.25, 0.3) is 0 Å². The smallest absolute Gasteiger partial charge is 0.332 e. The summed E-state index contributed by atoms with van der Waals surface area (Å²) in [7, 11) is 1.21. The zero-order valence-corrected chi connectivity index (χ0v) is 9.51. The summed E-state index contributed by atoms with van der Waals surface area (Å²) in [5, 5.41) is 33.0. The molecule has 1 unspecified atom stereocenters. The van der Waals surface area contributed by atoms with E-state index >= 15 is 0 Å². The summed E-state index contributed by atoms with van der Waals surface area (Å²) in [6, 6.07) is 0. The summed E-state index contributed by atoms with van der Waals surface area (Å²) in [6.45, 7) is 1.81. The van der Waals surface area contributed by atoms with Gasteiger partial charge in [-0.15, -0.1) is 0 Å². The first-order chi connectivity index (χ1) is 7.25. The summed E-state index contributed by atoms with van der Waals surface area (Å²) in [5.74, 6) is -1.78. The van der Waals surface area contributed by atoms with Gasteiger partial charge in [0.15, 0.2) is 0 Å². The Kier molecular flexibility index (Phi) is 8.64. The van der Waals surface area contributed by atoms with Gasteiger partial charge in [-0.3, -0.25) is 4.79 Å². The van der Waals surface area contributed by atoms with Gasteiger partial charge in [-0.05, 0) is 13.8 Å². The average Bonchev–Trinajstić information content (AvgIpc) is 2.27. The van der Waals surface area contributed by atoms with Crippen molar-refractivity contribution in [1.82, 2.24) is 0 Å². The molecule has 0 rings (SSSR count). The second kappa shape index (κ2) is 8.03. The lowest BCUT2D eigenvalue weighted by molar-refractivity contribution is -0.156. The first-order valence-corrected chi connectivity index (χ1v) is 4.46. The third kappa shape index (κ3) is 6.33. The summed E-state index contributed by atoms with van der Waals surface area (Å²) in [5.41, 5.74) is -1.16. The number of aliphatic hydroxyl groups excluding tert-OH is 3. The predicted molar refractivity (Wildman–Crippen MR) is 53.6 cm³/mol. The summed E-state index contributed by atoms with van der Waals surface area (Å²) < 4.78 is 4.34. The molecule has 96 valence electrons. The van der Waals surface area contributed by atoms with E-state index in [4.69, 9.17) is 20.4 Å². The molecular formula is C9H18O7. The fourth-order valence-corrected chi connectivity index (χ4v) is 0.425. The van der Waals surface area contributed by atoms with Gasteiger partial charge < -0.3 is 25.2 Å². The molecule has 0 heterocycles. The largest absolute Gasteiger partial charge is 0.479 e. The van der Waals surface area contributed by atoms with Crippen LogP contribution in [0.15, 0.2) is 0 Å². The lowest BCUT2D eigenvalue weighted by atomic mass is 9.93. The van der Waals surface area contributed by atoms with Crippen LogP contribution in [0, 0.1) is 5.41 Å². The van der Waals surface area contributed by atoms with Crippen LogP contribution in [0.4, 0.5) is 0 Å². The van der Waals surface area contributed by atoms with Crippen molar-refractivity contribution in [2.24, 2.45) is 5.41 Å². The highest BCUT2D eigenvalue weighted by molar-refractivity contribution is 5.76. The number of aliphatic hydroxyl groups is 3. The minimum atomic E-state index is -1.23. The maximum atomic E-state index is 10.8. The Labute approximate surface area is 93.3 Å². The molecular weight excluding hydrogens is 220 g/mol. The topological polar surface area (TPSA) is 124 Å². The normalized spacial score (nSPS) is 12.1. The maximum absolute atomic E-state index is 10.8. The number of methoxy groups -OCH3 is 1. The van der Waals surface area contributed by atoms with E-state index in [1.165, 1.54) is 21.0 Å². The van der Waals surface area contributed by atoms with E-state index in [0.717, 1.165) is 0 Å². The molecule has 0 fully saturated rings. The van der Waals surface area contributed by atoms with E-state index in [-0.39, 0.29) is 0 Å². The fourth-order valence-electron chi connectivity index (χ4n) is 0.425. The van der Waals surface area contributed by atoms with Gasteiger partial charge >= 0.3 is 11.9 Å². The summed E-state index contributed by atoms with van der Waals surface area (Å²) in [4.78, 5) is 20.2. The summed E-state index contributed by atoms with van der Waals surface area (Å²) >= 11 is 0. The van der Waals surface area contributed by atoms with Crippen LogP contribution >= 0.6 is 0 Å². The van der Waals surface area contributed by atoms with Gasteiger partial charge in [0.1, 0.15) is 11.5 Å². The molecule has 0 spiro atoms. The first-order valence-electron chi connectivity index (χ1n) is 4.46. The molecule has 0 aliphatic carbocycles. The van der Waals surface area contributed by atoms with Gasteiger partial charge in [-0.25, -0.2) is 4.79 Å². The number of esters is 1. The molecule has 0 aliphatic heterocycles. The maximum Gasteiger partial charge on any atom is 0.332 e. The van der Waals surface area contributed by atoms with Crippen LogP contribution in [0.2, 0.25) is 0 Å². The average molecular weight is 238 g/mol. The third-order valence-corrected chi connectivity index (χ3v) is 1.73. The van der Waals surface area contributed by atoms with E-state index in [0.29, 0.717) is 0 Å². The zero-order valence-electron chi connectivity index (χ0n) is 9.51. The van der Waals surface area contributed by atoms with E-state index in [2.05, 4.69) is 4.74 Å². The number of ether oxygens (including phenoxy) is 1. The number of carboxylic acid groups (broad SMARTS) is 1. The van der Waals surface area contributed by atoms with Crippen LogP contribution in [-0.2, 0) is 14.3 Å². The van der Waals surface area contributed by atoms with Gasteiger partial charge in [0.2, 0.25) is 0 Å². The Balaban J connectivity index is 0. The van der Waals surface area contributed by atoms with Crippen molar-refractivity contribution in [3.8, 4) is 0 Å². The van der Waals surface area contributed by atoms with Crippen LogP contribution in [-0.4, -0.2) is 58.8 Å². The molecule has 1 atom stereocenters. The van der Waals surface area contributed by atoms with Crippen molar-refractivity contribution in [2.45, 2.75) is 20.0 Å². The number of aliphatic carboxylic acids is 1. The van der Waals surface area contributed by atoms with E-state index in [9.17, 15) is 9.59 Å². The Hall–Kier alpha value is -1.18. The zero-order chi connectivity index (χ0) is 13.4. The molecule has 0 aromatic carbocycles. The second-order valence-corrected chi connectivity index (χ2v) is 3.38. The van der Waals surface area contributed by atoms with Gasteiger partial charge in [-0.1, -0.05) is 0 Å². The lowest BCUT2D eigenvalue weighted by Gasteiger charge is -2.20. The quantitative estimate of drug-likeness (QED) is 0.444. The summed E-state index contributed by atoms with van der Waals surface area (Å²) in [6.07, 6.45) is -1.23. The molecule has 16 heavy (non-hydrogen) atoms. The Morgan fingerprint density at radius 1 is 1.31 bits per heavy atom.